The molecule has 1 unspecified atom stereocenters. The van der Waals surface area contributed by atoms with Crippen LogP contribution in [0.15, 0.2) is 0 Å². The molecule has 13 heavy (non-hydrogen) atoms. The number of hydrogen-bond donors (Lipinski definition) is 1. The van der Waals surface area contributed by atoms with Crippen LogP contribution in [0.4, 0.5) is 0 Å². The molecule has 0 spiro atoms. The molecule has 5 heteroatoms. The van der Waals surface area contributed by atoms with E-state index in [1.807, 2.05) is 0 Å². The fraction of sp³-hybridized carbons (Fsp3) is 1.00. The van der Waals surface area contributed by atoms with Crippen LogP contribution in [0.3, 0.4) is 0 Å². The molecule has 1 rings (SSSR count). The quantitative estimate of drug-likeness (QED) is 0.733. The van der Waals surface area contributed by atoms with E-state index in [0.29, 0.717) is 0 Å². The molecule has 0 aliphatic carbocycles. The SMILES string of the molecule is CCCN1CCN(S(C)(=N)=O)CC1. The van der Waals surface area contributed by atoms with E-state index in [4.69, 9.17) is 4.78 Å². The first-order valence-electron chi connectivity index (χ1n) is 4.75. The lowest BCUT2D eigenvalue weighted by molar-refractivity contribution is 0.192. The molecule has 1 N–H and O–H groups in total. The third-order valence-corrected chi connectivity index (χ3v) is 3.71. The van der Waals surface area contributed by atoms with Crippen molar-refractivity contribution >= 4 is 9.92 Å². The highest BCUT2D eigenvalue weighted by Gasteiger charge is 2.20. The molecule has 4 nitrogen and oxygen atoms in total. The average molecular weight is 205 g/mol. The minimum Gasteiger partial charge on any atom is -0.301 e. The fourth-order valence-electron chi connectivity index (χ4n) is 1.62. The molecule has 0 amide bonds. The van der Waals surface area contributed by atoms with Gasteiger partial charge >= 0.3 is 0 Å². The maximum absolute atomic E-state index is 11.4. The van der Waals surface area contributed by atoms with Crippen LogP contribution in [-0.2, 0) is 9.92 Å². The van der Waals surface area contributed by atoms with E-state index in [0.717, 1.165) is 32.7 Å². The Morgan fingerprint density at radius 2 is 1.85 bits per heavy atom. The Hall–Kier alpha value is -0.130. The molecule has 0 aromatic carbocycles. The highest BCUT2D eigenvalue weighted by Crippen LogP contribution is 2.06. The average Bonchev–Trinajstić information content (AvgIpc) is 2.04. The zero-order valence-corrected chi connectivity index (χ0v) is 9.27. The summed E-state index contributed by atoms with van der Waals surface area (Å²) < 4.78 is 20.6. The molecule has 1 heterocycles. The second-order valence-electron chi connectivity index (χ2n) is 3.57. The van der Waals surface area contributed by atoms with Crippen LogP contribution in [0.25, 0.3) is 0 Å². The van der Waals surface area contributed by atoms with Crippen molar-refractivity contribution in [1.82, 2.24) is 9.21 Å². The van der Waals surface area contributed by atoms with E-state index in [-0.39, 0.29) is 0 Å². The monoisotopic (exact) mass is 205 g/mol. The lowest BCUT2D eigenvalue weighted by Gasteiger charge is -2.34. The molecular weight excluding hydrogens is 186 g/mol. The van der Waals surface area contributed by atoms with E-state index < -0.39 is 9.92 Å². The van der Waals surface area contributed by atoms with Gasteiger partial charge in [-0.1, -0.05) is 6.92 Å². The van der Waals surface area contributed by atoms with Crippen LogP contribution in [0.2, 0.25) is 0 Å². The van der Waals surface area contributed by atoms with E-state index in [1.54, 1.807) is 4.31 Å². The molecule has 0 saturated carbocycles. The normalized spacial score (nSPS) is 25.7. The minimum atomic E-state index is -2.46. The minimum absolute atomic E-state index is 0.777. The summed E-state index contributed by atoms with van der Waals surface area (Å²) in [4.78, 5) is 2.36. The Morgan fingerprint density at radius 1 is 1.31 bits per heavy atom. The number of piperazine rings is 1. The fourth-order valence-corrected chi connectivity index (χ4v) is 2.48. The first-order valence-corrected chi connectivity index (χ1v) is 6.67. The van der Waals surface area contributed by atoms with Crippen molar-refractivity contribution in [2.45, 2.75) is 13.3 Å². The molecule has 0 bridgehead atoms. The molecule has 1 atom stereocenters. The van der Waals surface area contributed by atoms with Gasteiger partial charge in [0.2, 0.25) is 0 Å². The summed E-state index contributed by atoms with van der Waals surface area (Å²) in [6.45, 7) is 6.75. The zero-order chi connectivity index (χ0) is 9.90. The topological polar surface area (TPSA) is 47.4 Å². The van der Waals surface area contributed by atoms with E-state index in [2.05, 4.69) is 11.8 Å². The highest BCUT2D eigenvalue weighted by molar-refractivity contribution is 7.89. The summed E-state index contributed by atoms with van der Waals surface area (Å²) in [5, 5.41) is 0. The van der Waals surface area contributed by atoms with Gasteiger partial charge in [-0.05, 0) is 13.0 Å². The zero-order valence-electron chi connectivity index (χ0n) is 8.45. The van der Waals surface area contributed by atoms with Gasteiger partial charge in [-0.25, -0.2) is 13.3 Å². The standard InChI is InChI=1S/C8H19N3OS/c1-3-4-10-5-7-11(8-6-10)13(2,9)12/h9H,3-8H2,1-2H3. The van der Waals surface area contributed by atoms with E-state index in [9.17, 15) is 4.21 Å². The summed E-state index contributed by atoms with van der Waals surface area (Å²) in [7, 11) is -2.46. The predicted octanol–water partition coefficient (Wildman–Crippen LogP) is 0.606. The van der Waals surface area contributed by atoms with Crippen LogP contribution in [0.5, 0.6) is 0 Å². The lowest BCUT2D eigenvalue weighted by atomic mass is 10.3. The molecule has 1 saturated heterocycles. The Bertz CT molecular complexity index is 242. The number of rotatable bonds is 3. The molecule has 1 aliphatic heterocycles. The van der Waals surface area contributed by atoms with Gasteiger partial charge in [-0.3, -0.25) is 0 Å². The number of nitrogens with one attached hydrogen (secondary N) is 1. The molecule has 1 aliphatic rings. The van der Waals surface area contributed by atoms with Crippen molar-refractivity contribution in [1.29, 1.82) is 4.78 Å². The maximum Gasteiger partial charge on any atom is 0.104 e. The number of hydrogen-bond acceptors (Lipinski definition) is 3. The first kappa shape index (κ1) is 10.9. The van der Waals surface area contributed by atoms with Crippen LogP contribution in [0, 0.1) is 4.78 Å². The van der Waals surface area contributed by atoms with Crippen molar-refractivity contribution in [3.63, 3.8) is 0 Å². The summed E-state index contributed by atoms with van der Waals surface area (Å²) >= 11 is 0. The maximum atomic E-state index is 11.4. The predicted molar refractivity (Wildman–Crippen MR) is 55.1 cm³/mol. The van der Waals surface area contributed by atoms with Crippen molar-refractivity contribution in [2.24, 2.45) is 0 Å². The molecule has 1 fully saturated rings. The smallest absolute Gasteiger partial charge is 0.104 e. The van der Waals surface area contributed by atoms with Gasteiger partial charge in [-0.15, -0.1) is 0 Å². The van der Waals surface area contributed by atoms with Gasteiger partial charge < -0.3 is 4.90 Å². The van der Waals surface area contributed by atoms with E-state index >= 15 is 0 Å². The summed E-state index contributed by atoms with van der Waals surface area (Å²) in [6.07, 6.45) is 2.67. The van der Waals surface area contributed by atoms with Gasteiger partial charge in [0, 0.05) is 32.4 Å². The molecule has 0 aromatic heterocycles. The van der Waals surface area contributed by atoms with Crippen molar-refractivity contribution in [3.8, 4) is 0 Å². The van der Waals surface area contributed by atoms with Crippen molar-refractivity contribution < 1.29 is 4.21 Å². The largest absolute Gasteiger partial charge is 0.301 e. The number of nitrogens with zero attached hydrogens (tertiary/aromatic N) is 2. The third kappa shape index (κ3) is 3.25. The molecule has 78 valence electrons. The Balaban J connectivity index is 2.39. The van der Waals surface area contributed by atoms with Gasteiger partial charge in [-0.2, -0.15) is 0 Å². The van der Waals surface area contributed by atoms with E-state index in [1.165, 1.54) is 12.7 Å². The first-order chi connectivity index (χ1) is 6.04. The van der Waals surface area contributed by atoms with Gasteiger partial charge in [0.05, 0.1) is 0 Å². The molecule has 0 radical (unpaired) electrons. The van der Waals surface area contributed by atoms with Crippen molar-refractivity contribution in [2.75, 3.05) is 39.0 Å². The summed E-state index contributed by atoms with van der Waals surface area (Å²) in [5.74, 6) is 0. The second kappa shape index (κ2) is 4.39. The Morgan fingerprint density at radius 3 is 2.23 bits per heavy atom. The van der Waals surface area contributed by atoms with Crippen LogP contribution < -0.4 is 0 Å². The van der Waals surface area contributed by atoms with Crippen LogP contribution in [-0.4, -0.2) is 52.4 Å². The Kier molecular flexibility index (Phi) is 3.70. The lowest BCUT2D eigenvalue weighted by Crippen LogP contribution is -2.48. The van der Waals surface area contributed by atoms with Gasteiger partial charge in [0.25, 0.3) is 0 Å². The Labute approximate surface area is 81.0 Å². The van der Waals surface area contributed by atoms with Crippen LogP contribution in [0.1, 0.15) is 13.3 Å². The van der Waals surface area contributed by atoms with Gasteiger partial charge in [0.1, 0.15) is 9.92 Å². The highest BCUT2D eigenvalue weighted by atomic mass is 32.2. The van der Waals surface area contributed by atoms with Gasteiger partial charge in [0.15, 0.2) is 0 Å². The summed E-state index contributed by atoms with van der Waals surface area (Å²) in [6, 6.07) is 0. The molecule has 0 aromatic rings. The molecular formula is C8H19N3OS. The summed E-state index contributed by atoms with van der Waals surface area (Å²) in [5.41, 5.74) is 0. The van der Waals surface area contributed by atoms with Crippen molar-refractivity contribution in [3.05, 3.63) is 0 Å². The van der Waals surface area contributed by atoms with Crippen LogP contribution >= 0.6 is 0 Å². The second-order valence-corrected chi connectivity index (χ2v) is 5.69. The third-order valence-electron chi connectivity index (χ3n) is 2.36.